The fourth-order valence-corrected chi connectivity index (χ4v) is 2.32. The van der Waals surface area contributed by atoms with E-state index >= 15 is 0 Å². The van der Waals surface area contributed by atoms with Gasteiger partial charge >= 0.3 is 0 Å². The maximum Gasteiger partial charge on any atom is 0.0587 e. The standard InChI is InChI=1S/C10H21NO/c1-8-4-3-5-9(6-8)10(7-12)11-2/h8-12H,3-7H2,1-2H3. The minimum atomic E-state index is 0.286. The first-order chi connectivity index (χ1) is 5.77. The highest BCUT2D eigenvalue weighted by Crippen LogP contribution is 2.30. The van der Waals surface area contributed by atoms with Gasteiger partial charge in [-0.1, -0.05) is 19.8 Å². The third-order valence-corrected chi connectivity index (χ3v) is 3.11. The van der Waals surface area contributed by atoms with Crippen molar-refractivity contribution in [3.8, 4) is 0 Å². The Balaban J connectivity index is 2.38. The summed E-state index contributed by atoms with van der Waals surface area (Å²) < 4.78 is 0. The van der Waals surface area contributed by atoms with Crippen LogP contribution in [-0.4, -0.2) is 24.8 Å². The minimum absolute atomic E-state index is 0.286. The minimum Gasteiger partial charge on any atom is -0.395 e. The second kappa shape index (κ2) is 4.83. The molecule has 1 aliphatic carbocycles. The summed E-state index contributed by atoms with van der Waals surface area (Å²) in [6.45, 7) is 2.60. The molecule has 2 N–H and O–H groups in total. The Morgan fingerprint density at radius 1 is 1.50 bits per heavy atom. The molecule has 0 heterocycles. The quantitative estimate of drug-likeness (QED) is 0.672. The van der Waals surface area contributed by atoms with Crippen molar-refractivity contribution in [3.63, 3.8) is 0 Å². The Hall–Kier alpha value is -0.0800. The molecule has 0 radical (unpaired) electrons. The maximum atomic E-state index is 9.10. The molecule has 0 spiro atoms. The van der Waals surface area contributed by atoms with Crippen molar-refractivity contribution in [2.75, 3.05) is 13.7 Å². The van der Waals surface area contributed by atoms with E-state index in [2.05, 4.69) is 12.2 Å². The molecular weight excluding hydrogens is 150 g/mol. The molecule has 0 aromatic heterocycles. The van der Waals surface area contributed by atoms with Crippen LogP contribution in [0, 0.1) is 11.8 Å². The van der Waals surface area contributed by atoms with Gasteiger partial charge in [0.15, 0.2) is 0 Å². The summed E-state index contributed by atoms with van der Waals surface area (Å²) >= 11 is 0. The van der Waals surface area contributed by atoms with Crippen LogP contribution in [-0.2, 0) is 0 Å². The number of likely N-dealkylation sites (N-methyl/N-ethyl adjacent to an activating group) is 1. The van der Waals surface area contributed by atoms with E-state index < -0.39 is 0 Å². The Bertz CT molecular complexity index is 123. The highest BCUT2D eigenvalue weighted by Gasteiger charge is 2.24. The molecule has 0 aromatic carbocycles. The average molecular weight is 171 g/mol. The van der Waals surface area contributed by atoms with Crippen molar-refractivity contribution in [1.29, 1.82) is 0 Å². The summed E-state index contributed by atoms with van der Waals surface area (Å²) in [7, 11) is 1.94. The first kappa shape index (κ1) is 10.0. The molecule has 0 saturated heterocycles. The van der Waals surface area contributed by atoms with E-state index in [0.717, 1.165) is 5.92 Å². The zero-order valence-corrected chi connectivity index (χ0v) is 8.21. The molecule has 12 heavy (non-hydrogen) atoms. The van der Waals surface area contributed by atoms with Crippen LogP contribution in [0.4, 0.5) is 0 Å². The SMILES string of the molecule is CNC(CO)C1CCCC(C)C1. The van der Waals surface area contributed by atoms with Crippen molar-refractivity contribution in [3.05, 3.63) is 0 Å². The van der Waals surface area contributed by atoms with Gasteiger partial charge < -0.3 is 10.4 Å². The zero-order valence-electron chi connectivity index (χ0n) is 8.21. The van der Waals surface area contributed by atoms with Gasteiger partial charge in [0.1, 0.15) is 0 Å². The zero-order chi connectivity index (χ0) is 8.97. The largest absolute Gasteiger partial charge is 0.395 e. The second-order valence-electron chi connectivity index (χ2n) is 4.11. The molecule has 1 rings (SSSR count). The van der Waals surface area contributed by atoms with Crippen molar-refractivity contribution in [2.24, 2.45) is 11.8 Å². The van der Waals surface area contributed by atoms with Crippen molar-refractivity contribution in [1.82, 2.24) is 5.32 Å². The normalized spacial score (nSPS) is 33.2. The van der Waals surface area contributed by atoms with E-state index in [1.54, 1.807) is 0 Å². The topological polar surface area (TPSA) is 32.3 Å². The fraction of sp³-hybridized carbons (Fsp3) is 1.00. The molecule has 2 nitrogen and oxygen atoms in total. The lowest BCUT2D eigenvalue weighted by atomic mass is 9.79. The van der Waals surface area contributed by atoms with Crippen LogP contribution in [0.15, 0.2) is 0 Å². The highest BCUT2D eigenvalue weighted by molar-refractivity contribution is 4.79. The molecule has 3 atom stereocenters. The van der Waals surface area contributed by atoms with Gasteiger partial charge in [-0.3, -0.25) is 0 Å². The summed E-state index contributed by atoms with van der Waals surface area (Å²) in [5.74, 6) is 1.55. The van der Waals surface area contributed by atoms with Gasteiger partial charge in [0, 0.05) is 6.04 Å². The number of hydrogen-bond acceptors (Lipinski definition) is 2. The monoisotopic (exact) mass is 171 g/mol. The van der Waals surface area contributed by atoms with Gasteiger partial charge in [0.25, 0.3) is 0 Å². The van der Waals surface area contributed by atoms with Crippen LogP contribution in [0.2, 0.25) is 0 Å². The number of hydrogen-bond donors (Lipinski definition) is 2. The van der Waals surface area contributed by atoms with Gasteiger partial charge in [-0.05, 0) is 31.7 Å². The Morgan fingerprint density at radius 3 is 2.75 bits per heavy atom. The highest BCUT2D eigenvalue weighted by atomic mass is 16.3. The molecule has 2 heteroatoms. The third kappa shape index (κ3) is 2.46. The summed E-state index contributed by atoms with van der Waals surface area (Å²) in [5, 5.41) is 12.3. The van der Waals surface area contributed by atoms with Gasteiger partial charge in [-0.15, -0.1) is 0 Å². The first-order valence-electron chi connectivity index (χ1n) is 5.06. The summed E-state index contributed by atoms with van der Waals surface area (Å²) in [6.07, 6.45) is 5.28. The summed E-state index contributed by atoms with van der Waals surface area (Å²) in [6, 6.07) is 0.327. The molecule has 0 aliphatic heterocycles. The Labute approximate surface area is 75.4 Å². The van der Waals surface area contributed by atoms with Crippen molar-refractivity contribution < 1.29 is 5.11 Å². The van der Waals surface area contributed by atoms with Gasteiger partial charge in [0.2, 0.25) is 0 Å². The molecule has 72 valence electrons. The number of nitrogens with one attached hydrogen (secondary N) is 1. The maximum absolute atomic E-state index is 9.10. The third-order valence-electron chi connectivity index (χ3n) is 3.11. The number of aliphatic hydroxyl groups excluding tert-OH is 1. The average Bonchev–Trinajstić information content (AvgIpc) is 2.07. The molecule has 1 fully saturated rings. The van der Waals surface area contributed by atoms with Crippen LogP contribution < -0.4 is 5.32 Å². The molecule has 1 saturated carbocycles. The van der Waals surface area contributed by atoms with Crippen LogP contribution in [0.25, 0.3) is 0 Å². The van der Waals surface area contributed by atoms with E-state index in [-0.39, 0.29) is 6.61 Å². The van der Waals surface area contributed by atoms with E-state index in [1.807, 2.05) is 7.05 Å². The van der Waals surface area contributed by atoms with E-state index in [9.17, 15) is 0 Å². The molecular formula is C10H21NO. The summed E-state index contributed by atoms with van der Waals surface area (Å²) in [4.78, 5) is 0. The van der Waals surface area contributed by atoms with Crippen molar-refractivity contribution in [2.45, 2.75) is 38.6 Å². The molecule has 0 aromatic rings. The molecule has 0 amide bonds. The van der Waals surface area contributed by atoms with E-state index in [1.165, 1.54) is 25.7 Å². The lowest BCUT2D eigenvalue weighted by molar-refractivity contribution is 0.159. The van der Waals surface area contributed by atoms with Crippen LogP contribution in [0.3, 0.4) is 0 Å². The van der Waals surface area contributed by atoms with Crippen LogP contribution >= 0.6 is 0 Å². The Kier molecular flexibility index (Phi) is 4.02. The van der Waals surface area contributed by atoms with E-state index in [4.69, 9.17) is 5.11 Å². The predicted molar refractivity (Wildman–Crippen MR) is 51.1 cm³/mol. The van der Waals surface area contributed by atoms with Crippen molar-refractivity contribution >= 4 is 0 Å². The predicted octanol–water partition coefficient (Wildman–Crippen LogP) is 1.39. The molecule has 1 aliphatic rings. The van der Waals surface area contributed by atoms with E-state index in [0.29, 0.717) is 12.0 Å². The molecule has 3 unspecified atom stereocenters. The lowest BCUT2D eigenvalue weighted by Crippen LogP contribution is -2.38. The second-order valence-corrected chi connectivity index (χ2v) is 4.11. The number of aliphatic hydroxyl groups is 1. The summed E-state index contributed by atoms with van der Waals surface area (Å²) in [5.41, 5.74) is 0. The fourth-order valence-electron chi connectivity index (χ4n) is 2.32. The first-order valence-corrected chi connectivity index (χ1v) is 5.06. The van der Waals surface area contributed by atoms with Gasteiger partial charge in [-0.25, -0.2) is 0 Å². The smallest absolute Gasteiger partial charge is 0.0587 e. The number of rotatable bonds is 3. The van der Waals surface area contributed by atoms with Gasteiger partial charge in [0.05, 0.1) is 6.61 Å². The van der Waals surface area contributed by atoms with Crippen LogP contribution in [0.1, 0.15) is 32.6 Å². The molecule has 0 bridgehead atoms. The Morgan fingerprint density at radius 2 is 2.25 bits per heavy atom. The lowest BCUT2D eigenvalue weighted by Gasteiger charge is -2.32. The van der Waals surface area contributed by atoms with Gasteiger partial charge in [-0.2, -0.15) is 0 Å². The van der Waals surface area contributed by atoms with Crippen LogP contribution in [0.5, 0.6) is 0 Å².